The number of carbonyl (C=O) groups is 1. The molecule has 0 aromatic carbocycles. The highest BCUT2D eigenvalue weighted by atomic mass is 16.1. The quantitative estimate of drug-likeness (QED) is 0.634. The molecule has 1 atom stereocenters. The highest BCUT2D eigenvalue weighted by Crippen LogP contribution is 2.05. The molecule has 1 fully saturated rings. The fourth-order valence-corrected chi connectivity index (χ4v) is 1.50. The fourth-order valence-electron chi connectivity index (χ4n) is 1.50. The number of nitrogens with one attached hydrogen (secondary N) is 2. The molecule has 0 saturated carbocycles. The zero-order valence-corrected chi connectivity index (χ0v) is 8.18. The molecule has 0 spiro atoms. The maximum atomic E-state index is 11.2. The minimum atomic E-state index is 0.176. The number of carbonyl (C=O) groups excluding carboxylic acids is 1. The number of hydrogen-bond donors (Lipinski definition) is 2. The normalized spacial score (nSPS) is 24.4. The summed E-state index contributed by atoms with van der Waals surface area (Å²) >= 11 is 0. The summed E-state index contributed by atoms with van der Waals surface area (Å²) in [5.41, 5.74) is 0. The molecular formula is C10H18N2O. The van der Waals surface area contributed by atoms with Crippen LogP contribution in [0.15, 0.2) is 12.2 Å². The lowest BCUT2D eigenvalue weighted by Gasteiger charge is -2.12. The Bertz CT molecular complexity index is 189. The second-order valence-corrected chi connectivity index (χ2v) is 3.37. The van der Waals surface area contributed by atoms with Gasteiger partial charge in [0.2, 0.25) is 5.91 Å². The van der Waals surface area contributed by atoms with Crippen LogP contribution in [-0.2, 0) is 4.79 Å². The van der Waals surface area contributed by atoms with Crippen molar-refractivity contribution < 1.29 is 4.79 Å². The van der Waals surface area contributed by atoms with Gasteiger partial charge < -0.3 is 10.6 Å². The first-order chi connectivity index (χ1) is 6.33. The first kappa shape index (κ1) is 10.3. The molecule has 1 rings (SSSR count). The minimum Gasteiger partial charge on any atom is -0.356 e. The Morgan fingerprint density at radius 3 is 3.31 bits per heavy atom. The van der Waals surface area contributed by atoms with Crippen molar-refractivity contribution in [2.45, 2.75) is 32.2 Å². The summed E-state index contributed by atoms with van der Waals surface area (Å²) < 4.78 is 0. The molecule has 3 nitrogen and oxygen atoms in total. The van der Waals surface area contributed by atoms with Crippen LogP contribution in [0.3, 0.4) is 0 Å². The van der Waals surface area contributed by atoms with Gasteiger partial charge in [-0.05, 0) is 19.8 Å². The van der Waals surface area contributed by atoms with Crippen LogP contribution >= 0.6 is 0 Å². The number of rotatable bonds is 3. The van der Waals surface area contributed by atoms with E-state index in [0.717, 1.165) is 25.9 Å². The predicted octanol–water partition coefficient (Wildman–Crippen LogP) is 0.821. The monoisotopic (exact) mass is 182 g/mol. The van der Waals surface area contributed by atoms with E-state index in [2.05, 4.69) is 16.7 Å². The van der Waals surface area contributed by atoms with Gasteiger partial charge in [0, 0.05) is 25.6 Å². The van der Waals surface area contributed by atoms with Gasteiger partial charge in [-0.25, -0.2) is 0 Å². The molecule has 0 aliphatic carbocycles. The third-order valence-electron chi connectivity index (χ3n) is 2.24. The van der Waals surface area contributed by atoms with Gasteiger partial charge in [-0.15, -0.1) is 0 Å². The predicted molar refractivity (Wildman–Crippen MR) is 53.5 cm³/mol. The van der Waals surface area contributed by atoms with E-state index in [4.69, 9.17) is 0 Å². The van der Waals surface area contributed by atoms with Crippen molar-refractivity contribution in [1.29, 1.82) is 0 Å². The molecule has 1 unspecified atom stereocenters. The van der Waals surface area contributed by atoms with E-state index in [0.29, 0.717) is 12.5 Å². The third kappa shape index (κ3) is 4.08. The third-order valence-corrected chi connectivity index (χ3v) is 2.24. The Morgan fingerprint density at radius 2 is 2.54 bits per heavy atom. The molecule has 0 aromatic rings. The molecule has 2 N–H and O–H groups in total. The number of allylic oxidation sites excluding steroid dienone is 1. The Hall–Kier alpha value is -0.830. The van der Waals surface area contributed by atoms with E-state index >= 15 is 0 Å². The van der Waals surface area contributed by atoms with E-state index in [1.54, 1.807) is 0 Å². The van der Waals surface area contributed by atoms with Crippen molar-refractivity contribution in [3.8, 4) is 0 Å². The highest BCUT2D eigenvalue weighted by molar-refractivity contribution is 5.76. The van der Waals surface area contributed by atoms with Crippen molar-refractivity contribution >= 4 is 5.91 Å². The summed E-state index contributed by atoms with van der Waals surface area (Å²) in [6.07, 6.45) is 6.89. The topological polar surface area (TPSA) is 41.1 Å². The smallest absolute Gasteiger partial charge is 0.221 e. The van der Waals surface area contributed by atoms with Crippen LogP contribution in [0.4, 0.5) is 0 Å². The maximum absolute atomic E-state index is 11.2. The largest absolute Gasteiger partial charge is 0.356 e. The van der Waals surface area contributed by atoms with Crippen LogP contribution in [0.5, 0.6) is 0 Å². The van der Waals surface area contributed by atoms with Crippen LogP contribution < -0.4 is 10.6 Å². The fraction of sp³-hybridized carbons (Fsp3) is 0.700. The second kappa shape index (κ2) is 5.75. The molecule has 0 aromatic heterocycles. The van der Waals surface area contributed by atoms with Crippen LogP contribution in [-0.4, -0.2) is 25.0 Å². The van der Waals surface area contributed by atoms with Crippen molar-refractivity contribution in [2.24, 2.45) is 0 Å². The average Bonchev–Trinajstić information content (AvgIpc) is 2.31. The van der Waals surface area contributed by atoms with Crippen LogP contribution in [0, 0.1) is 0 Å². The lowest BCUT2D eigenvalue weighted by molar-refractivity contribution is -0.121. The molecule has 1 heterocycles. The number of amides is 1. The van der Waals surface area contributed by atoms with Gasteiger partial charge in [0.05, 0.1) is 0 Å². The van der Waals surface area contributed by atoms with Gasteiger partial charge in [-0.2, -0.15) is 0 Å². The lowest BCUT2D eigenvalue weighted by atomic mass is 10.1. The molecule has 1 aliphatic heterocycles. The second-order valence-electron chi connectivity index (χ2n) is 3.37. The van der Waals surface area contributed by atoms with Gasteiger partial charge in [-0.1, -0.05) is 12.2 Å². The van der Waals surface area contributed by atoms with Crippen LogP contribution in [0.1, 0.15) is 26.2 Å². The zero-order valence-electron chi connectivity index (χ0n) is 8.18. The lowest BCUT2D eigenvalue weighted by Crippen LogP contribution is -2.32. The summed E-state index contributed by atoms with van der Waals surface area (Å²) in [5.74, 6) is 0.176. The van der Waals surface area contributed by atoms with Gasteiger partial charge >= 0.3 is 0 Å². The summed E-state index contributed by atoms with van der Waals surface area (Å²) in [5, 5.41) is 6.21. The van der Waals surface area contributed by atoms with Gasteiger partial charge in [-0.3, -0.25) is 4.79 Å². The minimum absolute atomic E-state index is 0.176. The highest BCUT2D eigenvalue weighted by Gasteiger charge is 2.15. The van der Waals surface area contributed by atoms with E-state index in [-0.39, 0.29) is 5.91 Å². The molecule has 74 valence electrons. The summed E-state index contributed by atoms with van der Waals surface area (Å²) in [6.45, 7) is 3.70. The molecule has 0 radical (unpaired) electrons. The average molecular weight is 182 g/mol. The maximum Gasteiger partial charge on any atom is 0.221 e. The number of hydrogen-bond acceptors (Lipinski definition) is 2. The van der Waals surface area contributed by atoms with Gasteiger partial charge in [0.25, 0.3) is 0 Å². The first-order valence-corrected chi connectivity index (χ1v) is 4.94. The Kier molecular flexibility index (Phi) is 4.54. The standard InChI is InChI=1S/C10H18N2O/c1-2-3-6-11-9-5-4-7-12-10(13)8-9/h2-3,9,11H,4-8H2,1H3,(H,12,13)/b3-2+. The molecule has 13 heavy (non-hydrogen) atoms. The molecule has 1 amide bonds. The van der Waals surface area contributed by atoms with Crippen molar-refractivity contribution in [2.75, 3.05) is 13.1 Å². The Labute approximate surface area is 79.6 Å². The summed E-state index contributed by atoms with van der Waals surface area (Å²) in [4.78, 5) is 11.2. The molecule has 3 heteroatoms. The molecule has 1 saturated heterocycles. The Morgan fingerprint density at radius 1 is 1.69 bits per heavy atom. The summed E-state index contributed by atoms with van der Waals surface area (Å²) in [6, 6.07) is 0.360. The van der Waals surface area contributed by atoms with Crippen molar-refractivity contribution in [1.82, 2.24) is 10.6 Å². The summed E-state index contributed by atoms with van der Waals surface area (Å²) in [7, 11) is 0. The molecular weight excluding hydrogens is 164 g/mol. The van der Waals surface area contributed by atoms with Crippen LogP contribution in [0.25, 0.3) is 0 Å². The van der Waals surface area contributed by atoms with E-state index in [9.17, 15) is 4.79 Å². The Balaban J connectivity index is 2.26. The zero-order chi connectivity index (χ0) is 9.52. The van der Waals surface area contributed by atoms with E-state index < -0.39 is 0 Å². The molecule has 0 bridgehead atoms. The molecule has 1 aliphatic rings. The van der Waals surface area contributed by atoms with Gasteiger partial charge in [0.1, 0.15) is 0 Å². The van der Waals surface area contributed by atoms with Gasteiger partial charge in [0.15, 0.2) is 0 Å². The van der Waals surface area contributed by atoms with E-state index in [1.165, 1.54) is 0 Å². The van der Waals surface area contributed by atoms with E-state index in [1.807, 2.05) is 13.0 Å². The SMILES string of the molecule is C/C=C/CNC1CCCNC(=O)C1. The first-order valence-electron chi connectivity index (χ1n) is 4.94. The van der Waals surface area contributed by atoms with Crippen molar-refractivity contribution in [3.63, 3.8) is 0 Å². The van der Waals surface area contributed by atoms with Crippen LogP contribution in [0.2, 0.25) is 0 Å². The van der Waals surface area contributed by atoms with Crippen molar-refractivity contribution in [3.05, 3.63) is 12.2 Å².